The Morgan fingerprint density at radius 3 is 2.89 bits per heavy atom. The van der Waals surface area contributed by atoms with E-state index in [1.807, 2.05) is 6.92 Å². The van der Waals surface area contributed by atoms with Gasteiger partial charge >= 0.3 is 5.97 Å². The lowest BCUT2D eigenvalue weighted by Gasteiger charge is -1.96. The molecule has 0 aromatic carbocycles. The molecule has 19 heavy (non-hydrogen) atoms. The maximum atomic E-state index is 11.9. The molecule has 2 aromatic heterocycles. The monoisotopic (exact) mass is 295 g/mol. The maximum Gasteiger partial charge on any atom is 0.328 e. The van der Waals surface area contributed by atoms with Gasteiger partial charge in [-0.1, -0.05) is 4.49 Å². The van der Waals surface area contributed by atoms with Crippen molar-refractivity contribution < 1.29 is 14.7 Å². The van der Waals surface area contributed by atoms with Crippen LogP contribution in [-0.4, -0.2) is 26.6 Å². The van der Waals surface area contributed by atoms with Crippen LogP contribution < -0.4 is 5.32 Å². The third-order valence-corrected chi connectivity index (χ3v) is 3.94. The Labute approximate surface area is 116 Å². The second kappa shape index (κ2) is 5.72. The Hall–Kier alpha value is -2.06. The zero-order valence-corrected chi connectivity index (χ0v) is 11.4. The second-order valence-corrected chi connectivity index (χ2v) is 5.43. The van der Waals surface area contributed by atoms with Crippen molar-refractivity contribution in [3.05, 3.63) is 33.7 Å². The lowest BCUT2D eigenvalue weighted by atomic mass is 10.2. The van der Waals surface area contributed by atoms with Gasteiger partial charge in [0, 0.05) is 22.5 Å². The number of carboxylic acid groups (broad SMARTS) is 1. The van der Waals surface area contributed by atoms with Crippen LogP contribution in [0, 0.1) is 6.92 Å². The van der Waals surface area contributed by atoms with Gasteiger partial charge in [-0.05, 0) is 24.6 Å². The molecule has 2 N–H and O–H groups in total. The molecule has 0 unspecified atom stereocenters. The number of thiophene rings is 1. The first-order valence-corrected chi connectivity index (χ1v) is 6.75. The van der Waals surface area contributed by atoms with Crippen LogP contribution in [-0.2, 0) is 4.79 Å². The summed E-state index contributed by atoms with van der Waals surface area (Å²) < 4.78 is 3.64. The summed E-state index contributed by atoms with van der Waals surface area (Å²) in [6.07, 6.45) is 4.00. The van der Waals surface area contributed by atoms with Crippen molar-refractivity contribution in [2.45, 2.75) is 6.92 Å². The van der Waals surface area contributed by atoms with Gasteiger partial charge in [0.2, 0.25) is 0 Å². The number of nitrogens with one attached hydrogen (secondary N) is 1. The van der Waals surface area contributed by atoms with Crippen molar-refractivity contribution in [1.29, 1.82) is 0 Å². The normalized spacial score (nSPS) is 10.8. The number of carbonyl (C=O) groups excluding carboxylic acids is 1. The third-order valence-electron chi connectivity index (χ3n) is 2.16. The van der Waals surface area contributed by atoms with Crippen molar-refractivity contribution in [3.8, 4) is 0 Å². The molecule has 0 saturated heterocycles. The molecule has 2 aromatic rings. The van der Waals surface area contributed by atoms with Crippen LogP contribution >= 0.6 is 22.9 Å². The van der Waals surface area contributed by atoms with E-state index in [9.17, 15) is 9.59 Å². The molecule has 98 valence electrons. The molecule has 2 heterocycles. The molecule has 0 atom stereocenters. The molecule has 0 aliphatic carbocycles. The fourth-order valence-corrected chi connectivity index (χ4v) is 2.70. The maximum absolute atomic E-state index is 11.9. The van der Waals surface area contributed by atoms with E-state index in [1.54, 1.807) is 6.07 Å². The summed E-state index contributed by atoms with van der Waals surface area (Å²) in [5.41, 5.74) is 0.857. The van der Waals surface area contributed by atoms with Gasteiger partial charge in [0.15, 0.2) is 0 Å². The summed E-state index contributed by atoms with van der Waals surface area (Å²) in [7, 11) is 0. The van der Waals surface area contributed by atoms with E-state index in [0.29, 0.717) is 9.88 Å². The predicted octanol–water partition coefficient (Wildman–Crippen LogP) is 2.26. The number of hydrogen-bond acceptors (Lipinski definition) is 6. The van der Waals surface area contributed by atoms with Crippen molar-refractivity contribution in [2.24, 2.45) is 0 Å². The minimum absolute atomic E-state index is 0.255. The van der Waals surface area contributed by atoms with E-state index in [-0.39, 0.29) is 5.91 Å². The van der Waals surface area contributed by atoms with Crippen LogP contribution in [0.25, 0.3) is 6.08 Å². The fraction of sp³-hybridized carbons (Fsp3) is 0.0909. The highest BCUT2D eigenvalue weighted by Gasteiger charge is 2.12. The standard InChI is InChI=1S/C11H9N3O3S2/c1-6-4-8(18-7(6)2-3-10(15)16)11(17)13-9-5-12-14-19-9/h2-5H,1H3,(H,13,17)(H,15,16)/b3-2+. The second-order valence-electron chi connectivity index (χ2n) is 3.57. The summed E-state index contributed by atoms with van der Waals surface area (Å²) in [5.74, 6) is -1.27. The van der Waals surface area contributed by atoms with E-state index in [2.05, 4.69) is 14.9 Å². The highest BCUT2D eigenvalue weighted by atomic mass is 32.1. The van der Waals surface area contributed by atoms with Crippen molar-refractivity contribution in [1.82, 2.24) is 9.59 Å². The number of hydrogen-bond donors (Lipinski definition) is 2. The van der Waals surface area contributed by atoms with E-state index in [4.69, 9.17) is 5.11 Å². The lowest BCUT2D eigenvalue weighted by Crippen LogP contribution is -2.08. The molecular formula is C11H9N3O3S2. The highest BCUT2D eigenvalue weighted by molar-refractivity contribution is 7.15. The van der Waals surface area contributed by atoms with Crippen LogP contribution in [0.3, 0.4) is 0 Å². The average Bonchev–Trinajstić information content (AvgIpc) is 2.96. The fourth-order valence-electron chi connectivity index (χ4n) is 1.32. The first-order chi connectivity index (χ1) is 9.06. The van der Waals surface area contributed by atoms with Crippen molar-refractivity contribution in [2.75, 3.05) is 5.32 Å². The van der Waals surface area contributed by atoms with E-state index >= 15 is 0 Å². The molecule has 0 fully saturated rings. The third kappa shape index (κ3) is 3.46. The van der Waals surface area contributed by atoms with Gasteiger partial charge in [-0.25, -0.2) is 4.79 Å². The minimum Gasteiger partial charge on any atom is -0.478 e. The van der Waals surface area contributed by atoms with Gasteiger partial charge in [0.1, 0.15) is 5.00 Å². The van der Waals surface area contributed by atoms with Crippen LogP contribution in [0.15, 0.2) is 18.3 Å². The highest BCUT2D eigenvalue weighted by Crippen LogP contribution is 2.24. The molecular weight excluding hydrogens is 286 g/mol. The molecule has 6 nitrogen and oxygen atoms in total. The van der Waals surface area contributed by atoms with Gasteiger partial charge in [-0.2, -0.15) is 0 Å². The predicted molar refractivity (Wildman–Crippen MR) is 73.6 cm³/mol. The number of nitrogens with zero attached hydrogens (tertiary/aromatic N) is 2. The quantitative estimate of drug-likeness (QED) is 0.844. The Morgan fingerprint density at radius 1 is 1.47 bits per heavy atom. The molecule has 0 saturated carbocycles. The summed E-state index contributed by atoms with van der Waals surface area (Å²) in [6.45, 7) is 1.82. The number of aliphatic carboxylic acids is 1. The lowest BCUT2D eigenvalue weighted by molar-refractivity contribution is -0.131. The summed E-state index contributed by atoms with van der Waals surface area (Å²) in [6, 6.07) is 1.72. The number of aryl methyl sites for hydroxylation is 1. The van der Waals surface area contributed by atoms with Crippen molar-refractivity contribution >= 4 is 45.8 Å². The topological polar surface area (TPSA) is 92.2 Å². The Bertz CT molecular complexity index is 632. The van der Waals surface area contributed by atoms with Gasteiger partial charge in [0.05, 0.1) is 11.1 Å². The molecule has 2 rings (SSSR count). The Balaban J connectivity index is 2.15. The zero-order chi connectivity index (χ0) is 13.8. The number of amides is 1. The first kappa shape index (κ1) is 13.4. The Kier molecular flexibility index (Phi) is 4.03. The number of anilines is 1. The van der Waals surface area contributed by atoms with Gasteiger partial charge in [0.25, 0.3) is 5.91 Å². The van der Waals surface area contributed by atoms with Crippen molar-refractivity contribution in [3.63, 3.8) is 0 Å². The first-order valence-electron chi connectivity index (χ1n) is 5.16. The zero-order valence-electron chi connectivity index (χ0n) is 9.78. The number of aromatic nitrogens is 2. The van der Waals surface area contributed by atoms with Crippen LogP contribution in [0.4, 0.5) is 5.00 Å². The SMILES string of the molecule is Cc1cc(C(=O)Nc2cnns2)sc1/C=C/C(=O)O. The van der Waals surface area contributed by atoms with Gasteiger partial charge < -0.3 is 10.4 Å². The molecule has 8 heteroatoms. The molecule has 0 bridgehead atoms. The van der Waals surface area contributed by atoms with Gasteiger partial charge in [-0.3, -0.25) is 4.79 Å². The number of rotatable bonds is 4. The van der Waals surface area contributed by atoms with Crippen LogP contribution in [0.1, 0.15) is 20.1 Å². The summed E-state index contributed by atoms with van der Waals surface area (Å²) >= 11 is 2.32. The summed E-state index contributed by atoms with van der Waals surface area (Å²) in [4.78, 5) is 23.6. The molecule has 0 spiro atoms. The van der Waals surface area contributed by atoms with E-state index in [0.717, 1.165) is 28.0 Å². The smallest absolute Gasteiger partial charge is 0.328 e. The van der Waals surface area contributed by atoms with E-state index in [1.165, 1.54) is 23.6 Å². The summed E-state index contributed by atoms with van der Waals surface area (Å²) in [5, 5.41) is 15.4. The molecule has 1 amide bonds. The van der Waals surface area contributed by atoms with E-state index < -0.39 is 5.97 Å². The number of carbonyl (C=O) groups is 2. The Morgan fingerprint density at radius 2 is 2.26 bits per heavy atom. The average molecular weight is 295 g/mol. The van der Waals surface area contributed by atoms with Crippen LogP contribution in [0.2, 0.25) is 0 Å². The number of carboxylic acids is 1. The molecule has 0 aliphatic heterocycles. The molecule has 0 radical (unpaired) electrons. The van der Waals surface area contributed by atoms with Gasteiger partial charge in [-0.15, -0.1) is 16.4 Å². The minimum atomic E-state index is -1.02. The van der Waals surface area contributed by atoms with Crippen LogP contribution in [0.5, 0.6) is 0 Å². The molecule has 0 aliphatic rings. The largest absolute Gasteiger partial charge is 0.478 e.